The van der Waals surface area contributed by atoms with Crippen LogP contribution in [0.25, 0.3) is 17.2 Å². The fraction of sp³-hybridized carbons (Fsp3) is 0.182. The Labute approximate surface area is 237 Å². The summed E-state index contributed by atoms with van der Waals surface area (Å²) >= 11 is 0. The van der Waals surface area contributed by atoms with Crippen molar-refractivity contribution in [2.75, 3.05) is 14.2 Å². The Morgan fingerprint density at radius 2 is 1.71 bits per heavy atom. The number of rotatable bonds is 10. The SMILES string of the molecule is COc1cc(/C=C2/C(C)=C(C(NCc3ccccc3)C(=O)NCc3ccco3)c3cc(F)ccc32)cc(OC)c1O. The molecule has 0 spiro atoms. The molecule has 0 radical (unpaired) electrons. The third kappa shape index (κ3) is 5.88. The Balaban J connectivity index is 1.59. The Hall–Kier alpha value is -4.82. The summed E-state index contributed by atoms with van der Waals surface area (Å²) in [6.07, 6.45) is 3.47. The van der Waals surface area contributed by atoms with Gasteiger partial charge in [0, 0.05) is 6.54 Å². The molecule has 1 amide bonds. The molecule has 0 aliphatic heterocycles. The van der Waals surface area contributed by atoms with Crippen LogP contribution in [-0.2, 0) is 17.9 Å². The normalized spacial score (nSPS) is 14.2. The third-order valence-corrected chi connectivity index (χ3v) is 7.10. The van der Waals surface area contributed by atoms with Crippen molar-refractivity contribution in [1.82, 2.24) is 10.6 Å². The van der Waals surface area contributed by atoms with Crippen molar-refractivity contribution in [3.63, 3.8) is 0 Å². The molecular formula is C33H31FN2O5. The minimum absolute atomic E-state index is 0.0996. The number of ether oxygens (including phenoxy) is 2. The first-order chi connectivity index (χ1) is 19.9. The molecule has 4 aromatic rings. The highest BCUT2D eigenvalue weighted by Crippen LogP contribution is 2.45. The smallest absolute Gasteiger partial charge is 0.242 e. The number of carbonyl (C=O) groups excluding carboxylic acids is 1. The third-order valence-electron chi connectivity index (χ3n) is 7.10. The minimum atomic E-state index is -0.791. The molecule has 210 valence electrons. The molecule has 1 unspecified atom stereocenters. The number of nitrogens with one attached hydrogen (secondary N) is 2. The number of halogens is 1. The lowest BCUT2D eigenvalue weighted by atomic mass is 9.97. The van der Waals surface area contributed by atoms with Gasteiger partial charge in [-0.05, 0) is 88.4 Å². The van der Waals surface area contributed by atoms with Crippen molar-refractivity contribution in [1.29, 1.82) is 0 Å². The predicted octanol–water partition coefficient (Wildman–Crippen LogP) is 5.94. The van der Waals surface area contributed by atoms with Crippen molar-refractivity contribution in [2.45, 2.75) is 26.1 Å². The number of carbonyl (C=O) groups is 1. The molecule has 0 saturated carbocycles. The van der Waals surface area contributed by atoms with Crippen LogP contribution >= 0.6 is 0 Å². The number of furan rings is 1. The zero-order valence-corrected chi connectivity index (χ0v) is 23.0. The lowest BCUT2D eigenvalue weighted by molar-refractivity contribution is -0.122. The van der Waals surface area contributed by atoms with Crippen LogP contribution in [-0.4, -0.2) is 31.3 Å². The summed E-state index contributed by atoms with van der Waals surface area (Å²) in [5.74, 6) is 0.374. The lowest BCUT2D eigenvalue weighted by Crippen LogP contribution is -2.44. The van der Waals surface area contributed by atoms with Gasteiger partial charge in [-0.2, -0.15) is 0 Å². The quantitative estimate of drug-likeness (QED) is 0.225. The van der Waals surface area contributed by atoms with Gasteiger partial charge in [-0.1, -0.05) is 36.4 Å². The van der Waals surface area contributed by atoms with E-state index in [-0.39, 0.29) is 29.7 Å². The van der Waals surface area contributed by atoms with E-state index < -0.39 is 11.9 Å². The van der Waals surface area contributed by atoms with Gasteiger partial charge < -0.3 is 24.3 Å². The standard InChI is InChI=1S/C33H31FN2O5/c1-20-26(14-22-15-28(39-2)32(37)29(16-22)40-3)25-12-11-23(34)17-27(25)30(20)31(35-18-21-8-5-4-6-9-21)33(38)36-19-24-10-7-13-41-24/h4-17,31,35,37H,18-19H2,1-3H3,(H,36,38)/b26-14-. The van der Waals surface area contributed by atoms with Gasteiger partial charge in [0.05, 0.1) is 27.0 Å². The van der Waals surface area contributed by atoms with Gasteiger partial charge in [-0.3, -0.25) is 10.1 Å². The molecule has 1 aliphatic rings. The maximum atomic E-state index is 14.7. The summed E-state index contributed by atoms with van der Waals surface area (Å²) in [4.78, 5) is 13.7. The topological polar surface area (TPSA) is 93.0 Å². The zero-order valence-electron chi connectivity index (χ0n) is 23.0. The second-order valence-electron chi connectivity index (χ2n) is 9.66. The summed E-state index contributed by atoms with van der Waals surface area (Å²) in [6, 6.07) is 20.5. The lowest BCUT2D eigenvalue weighted by Gasteiger charge is -2.22. The van der Waals surface area contributed by atoms with Gasteiger partial charge in [0.2, 0.25) is 11.7 Å². The predicted molar refractivity (Wildman–Crippen MR) is 156 cm³/mol. The maximum Gasteiger partial charge on any atom is 0.242 e. The van der Waals surface area contributed by atoms with Gasteiger partial charge in [0.1, 0.15) is 17.6 Å². The second kappa shape index (κ2) is 12.1. The Bertz CT molecular complexity index is 1590. The van der Waals surface area contributed by atoms with Gasteiger partial charge in [-0.15, -0.1) is 0 Å². The van der Waals surface area contributed by atoms with Crippen molar-refractivity contribution in [3.8, 4) is 17.2 Å². The summed E-state index contributed by atoms with van der Waals surface area (Å²) in [7, 11) is 2.93. The molecule has 0 saturated heterocycles. The van der Waals surface area contributed by atoms with E-state index in [1.165, 1.54) is 26.4 Å². The van der Waals surface area contributed by atoms with Gasteiger partial charge in [-0.25, -0.2) is 4.39 Å². The van der Waals surface area contributed by atoms with Crippen molar-refractivity contribution in [2.24, 2.45) is 0 Å². The second-order valence-corrected chi connectivity index (χ2v) is 9.66. The van der Waals surface area contributed by atoms with E-state index in [0.717, 1.165) is 22.3 Å². The van der Waals surface area contributed by atoms with Crippen LogP contribution in [0.5, 0.6) is 17.2 Å². The summed E-state index contributed by atoms with van der Waals surface area (Å²) < 4.78 is 30.7. The number of allylic oxidation sites excluding steroid dienone is 2. The minimum Gasteiger partial charge on any atom is -0.502 e. The molecule has 8 heteroatoms. The van der Waals surface area contributed by atoms with Gasteiger partial charge in [0.25, 0.3) is 0 Å². The Morgan fingerprint density at radius 1 is 0.976 bits per heavy atom. The van der Waals surface area contributed by atoms with Crippen molar-refractivity contribution >= 4 is 23.1 Å². The van der Waals surface area contributed by atoms with Crippen LogP contribution in [0.3, 0.4) is 0 Å². The molecule has 5 rings (SSSR count). The van der Waals surface area contributed by atoms with Crippen LogP contribution < -0.4 is 20.1 Å². The van der Waals surface area contributed by atoms with Crippen LogP contribution in [0.1, 0.15) is 34.9 Å². The number of phenolic OH excluding ortho intramolecular Hbond substituents is 1. The fourth-order valence-electron chi connectivity index (χ4n) is 5.08. The molecule has 3 aromatic carbocycles. The molecule has 1 atom stereocenters. The molecule has 3 N–H and O–H groups in total. The Kier molecular flexibility index (Phi) is 8.21. The number of aromatic hydroxyl groups is 1. The van der Waals surface area contributed by atoms with E-state index in [2.05, 4.69) is 10.6 Å². The number of methoxy groups -OCH3 is 2. The van der Waals surface area contributed by atoms with E-state index in [9.17, 15) is 14.3 Å². The van der Waals surface area contributed by atoms with Gasteiger partial charge in [0.15, 0.2) is 11.5 Å². The van der Waals surface area contributed by atoms with E-state index in [1.54, 1.807) is 36.6 Å². The first kappa shape index (κ1) is 27.7. The monoisotopic (exact) mass is 554 g/mol. The molecule has 41 heavy (non-hydrogen) atoms. The fourth-order valence-corrected chi connectivity index (χ4v) is 5.08. The average molecular weight is 555 g/mol. The Morgan fingerprint density at radius 3 is 2.37 bits per heavy atom. The first-order valence-electron chi connectivity index (χ1n) is 13.1. The van der Waals surface area contributed by atoms with E-state index in [4.69, 9.17) is 13.9 Å². The number of benzene rings is 3. The van der Waals surface area contributed by atoms with Crippen LogP contribution in [0.4, 0.5) is 4.39 Å². The maximum absolute atomic E-state index is 14.7. The van der Waals surface area contributed by atoms with Gasteiger partial charge >= 0.3 is 0 Å². The van der Waals surface area contributed by atoms with E-state index in [1.807, 2.05) is 43.3 Å². The molecule has 0 bridgehead atoms. The first-order valence-corrected chi connectivity index (χ1v) is 13.1. The zero-order chi connectivity index (χ0) is 28.9. The highest BCUT2D eigenvalue weighted by molar-refractivity contribution is 6.11. The highest BCUT2D eigenvalue weighted by atomic mass is 19.1. The van der Waals surface area contributed by atoms with E-state index >= 15 is 0 Å². The molecular weight excluding hydrogens is 523 g/mol. The van der Waals surface area contributed by atoms with Crippen LogP contribution in [0, 0.1) is 5.82 Å². The van der Waals surface area contributed by atoms with Crippen molar-refractivity contribution < 1.29 is 28.2 Å². The summed E-state index contributed by atoms with van der Waals surface area (Å²) in [5, 5.41) is 16.7. The van der Waals surface area contributed by atoms with E-state index in [0.29, 0.717) is 29.0 Å². The molecule has 1 aromatic heterocycles. The molecule has 7 nitrogen and oxygen atoms in total. The molecule has 0 fully saturated rings. The molecule has 1 aliphatic carbocycles. The van der Waals surface area contributed by atoms with Crippen LogP contribution in [0.15, 0.2) is 89.0 Å². The van der Waals surface area contributed by atoms with Crippen molar-refractivity contribution in [3.05, 3.63) is 118 Å². The summed E-state index contributed by atoms with van der Waals surface area (Å²) in [5.41, 5.74) is 5.44. The average Bonchev–Trinajstić information content (AvgIpc) is 3.60. The number of phenols is 1. The number of hydrogen-bond acceptors (Lipinski definition) is 6. The highest BCUT2D eigenvalue weighted by Gasteiger charge is 2.33. The number of amides is 1. The summed E-state index contributed by atoms with van der Waals surface area (Å²) in [6.45, 7) is 2.56. The number of fused-ring (bicyclic) bond motifs is 1. The van der Waals surface area contributed by atoms with Crippen LogP contribution in [0.2, 0.25) is 0 Å². The number of hydrogen-bond donors (Lipinski definition) is 3. The molecule has 1 heterocycles. The largest absolute Gasteiger partial charge is 0.502 e.